The minimum atomic E-state index is -1.32. The second-order valence-corrected chi connectivity index (χ2v) is 7.63. The number of aliphatic hydroxyl groups excluding tert-OH is 1. The number of aryl methyl sites for hydroxylation is 1. The third-order valence-electron chi connectivity index (χ3n) is 5.25. The van der Waals surface area contributed by atoms with Crippen LogP contribution in [0.2, 0.25) is 0 Å². The van der Waals surface area contributed by atoms with Gasteiger partial charge in [-0.15, -0.1) is 0 Å². The maximum atomic E-state index is 13.1. The van der Waals surface area contributed by atoms with Crippen LogP contribution in [-0.4, -0.2) is 53.3 Å². The molecule has 1 fully saturated rings. The van der Waals surface area contributed by atoms with Gasteiger partial charge < -0.3 is 19.8 Å². The van der Waals surface area contributed by atoms with Gasteiger partial charge in [0.2, 0.25) is 0 Å². The topological polar surface area (TPSA) is 87.1 Å². The standard InChI is InChI=1S/C20H29NO5/c1-13(2)7-9-20(19(24)25)12-21(10-8-17(20)22)18(23)15-11-14(3)5-6-16(15)26-4/h5-6,11,13,17,22H,7-10,12H2,1-4H3,(H,24,25)/t17-,20+/m0/s1. The fourth-order valence-corrected chi connectivity index (χ4v) is 3.52. The van der Waals surface area contributed by atoms with E-state index in [1.54, 1.807) is 17.0 Å². The highest BCUT2D eigenvalue weighted by molar-refractivity contribution is 5.97. The van der Waals surface area contributed by atoms with E-state index in [1.807, 2.05) is 26.8 Å². The van der Waals surface area contributed by atoms with Gasteiger partial charge >= 0.3 is 5.97 Å². The fraction of sp³-hybridized carbons (Fsp3) is 0.600. The molecule has 1 saturated heterocycles. The average Bonchev–Trinajstić information content (AvgIpc) is 2.60. The van der Waals surface area contributed by atoms with Crippen LogP contribution in [0.15, 0.2) is 18.2 Å². The number of rotatable bonds is 6. The molecule has 0 bridgehead atoms. The Morgan fingerprint density at radius 3 is 2.65 bits per heavy atom. The molecule has 1 heterocycles. The normalized spacial score (nSPS) is 23.2. The Hall–Kier alpha value is -2.08. The lowest BCUT2D eigenvalue weighted by atomic mass is 9.72. The summed E-state index contributed by atoms with van der Waals surface area (Å²) in [5, 5.41) is 20.3. The molecular weight excluding hydrogens is 334 g/mol. The van der Waals surface area contributed by atoms with Crippen LogP contribution in [0.5, 0.6) is 5.75 Å². The average molecular weight is 363 g/mol. The monoisotopic (exact) mass is 363 g/mol. The number of piperidine rings is 1. The Balaban J connectivity index is 2.32. The van der Waals surface area contributed by atoms with Crippen molar-refractivity contribution in [2.24, 2.45) is 11.3 Å². The maximum absolute atomic E-state index is 13.1. The van der Waals surface area contributed by atoms with Gasteiger partial charge in [0.15, 0.2) is 0 Å². The van der Waals surface area contributed by atoms with E-state index in [0.717, 1.165) is 5.56 Å². The van der Waals surface area contributed by atoms with Crippen molar-refractivity contribution in [3.8, 4) is 5.75 Å². The molecule has 26 heavy (non-hydrogen) atoms. The SMILES string of the molecule is COc1ccc(C)cc1C(=O)N1CC[C@H](O)[C@](CCC(C)C)(C(=O)O)C1. The fourth-order valence-electron chi connectivity index (χ4n) is 3.52. The van der Waals surface area contributed by atoms with E-state index in [2.05, 4.69) is 0 Å². The zero-order chi connectivity index (χ0) is 19.5. The lowest BCUT2D eigenvalue weighted by Crippen LogP contribution is -2.57. The Kier molecular flexibility index (Phi) is 6.29. The number of carboxylic acid groups (broad SMARTS) is 1. The van der Waals surface area contributed by atoms with E-state index in [-0.39, 0.29) is 18.9 Å². The first-order valence-electron chi connectivity index (χ1n) is 9.06. The van der Waals surface area contributed by atoms with Crippen molar-refractivity contribution in [1.29, 1.82) is 0 Å². The van der Waals surface area contributed by atoms with Crippen molar-refractivity contribution < 1.29 is 24.5 Å². The number of carbonyl (C=O) groups excluding carboxylic acids is 1. The van der Waals surface area contributed by atoms with Gasteiger partial charge in [-0.2, -0.15) is 0 Å². The predicted octanol–water partition coefficient (Wildman–Crippen LogP) is 2.72. The first-order chi connectivity index (χ1) is 12.2. The van der Waals surface area contributed by atoms with Crippen LogP contribution in [0, 0.1) is 18.3 Å². The second-order valence-electron chi connectivity index (χ2n) is 7.63. The summed E-state index contributed by atoms with van der Waals surface area (Å²) in [6.45, 7) is 6.26. The summed E-state index contributed by atoms with van der Waals surface area (Å²) in [6.07, 6.45) is 0.321. The van der Waals surface area contributed by atoms with E-state index in [4.69, 9.17) is 4.74 Å². The number of methoxy groups -OCH3 is 1. The zero-order valence-electron chi connectivity index (χ0n) is 16.0. The molecule has 1 amide bonds. The van der Waals surface area contributed by atoms with Crippen LogP contribution in [0.25, 0.3) is 0 Å². The molecule has 0 unspecified atom stereocenters. The third-order valence-corrected chi connectivity index (χ3v) is 5.25. The highest BCUT2D eigenvalue weighted by Gasteiger charge is 2.50. The number of likely N-dealkylation sites (tertiary alicyclic amines) is 1. The van der Waals surface area contributed by atoms with Crippen molar-refractivity contribution in [2.45, 2.75) is 46.1 Å². The van der Waals surface area contributed by atoms with Gasteiger partial charge in [-0.3, -0.25) is 9.59 Å². The van der Waals surface area contributed by atoms with Crippen LogP contribution >= 0.6 is 0 Å². The van der Waals surface area contributed by atoms with Gasteiger partial charge in [-0.1, -0.05) is 25.5 Å². The van der Waals surface area contributed by atoms with Gasteiger partial charge in [-0.25, -0.2) is 0 Å². The molecule has 0 aromatic heterocycles. The van der Waals surface area contributed by atoms with Crippen LogP contribution in [0.4, 0.5) is 0 Å². The summed E-state index contributed by atoms with van der Waals surface area (Å²) in [5.74, 6) is -0.511. The number of amides is 1. The zero-order valence-corrected chi connectivity index (χ0v) is 16.0. The lowest BCUT2D eigenvalue weighted by molar-refractivity contribution is -0.163. The highest BCUT2D eigenvalue weighted by atomic mass is 16.5. The van der Waals surface area contributed by atoms with Crippen molar-refractivity contribution in [3.05, 3.63) is 29.3 Å². The van der Waals surface area contributed by atoms with Gasteiger partial charge in [0.1, 0.15) is 11.2 Å². The van der Waals surface area contributed by atoms with Crippen molar-refractivity contribution in [3.63, 3.8) is 0 Å². The largest absolute Gasteiger partial charge is 0.496 e. The molecule has 1 aromatic rings. The van der Waals surface area contributed by atoms with Gasteiger partial charge in [0, 0.05) is 13.1 Å². The number of aliphatic hydroxyl groups is 1. The van der Waals surface area contributed by atoms with E-state index in [9.17, 15) is 19.8 Å². The van der Waals surface area contributed by atoms with Crippen LogP contribution in [0.3, 0.4) is 0 Å². The van der Waals surface area contributed by atoms with Gasteiger partial charge in [-0.05, 0) is 44.2 Å². The van der Waals surface area contributed by atoms with E-state index >= 15 is 0 Å². The van der Waals surface area contributed by atoms with Crippen LogP contribution < -0.4 is 4.74 Å². The van der Waals surface area contributed by atoms with Crippen LogP contribution in [-0.2, 0) is 4.79 Å². The molecular formula is C20H29NO5. The number of aliphatic carboxylic acids is 1. The number of hydrogen-bond acceptors (Lipinski definition) is 4. The first-order valence-corrected chi connectivity index (χ1v) is 9.06. The molecule has 0 aliphatic carbocycles. The van der Waals surface area contributed by atoms with Crippen molar-refractivity contribution in [1.82, 2.24) is 4.90 Å². The summed E-state index contributed by atoms with van der Waals surface area (Å²) in [4.78, 5) is 26.7. The quantitative estimate of drug-likeness (QED) is 0.811. The smallest absolute Gasteiger partial charge is 0.314 e. The van der Waals surface area contributed by atoms with Crippen molar-refractivity contribution >= 4 is 11.9 Å². The summed E-state index contributed by atoms with van der Waals surface area (Å²) < 4.78 is 5.30. The summed E-state index contributed by atoms with van der Waals surface area (Å²) in [6, 6.07) is 5.35. The summed E-state index contributed by atoms with van der Waals surface area (Å²) >= 11 is 0. The Morgan fingerprint density at radius 2 is 2.08 bits per heavy atom. The molecule has 1 aliphatic heterocycles. The molecule has 0 radical (unpaired) electrons. The molecule has 2 rings (SSSR count). The molecule has 2 N–H and O–H groups in total. The number of hydrogen-bond donors (Lipinski definition) is 2. The number of ether oxygens (including phenoxy) is 1. The molecule has 6 nitrogen and oxygen atoms in total. The maximum Gasteiger partial charge on any atom is 0.314 e. The van der Waals surface area contributed by atoms with E-state index < -0.39 is 17.5 Å². The summed E-state index contributed by atoms with van der Waals surface area (Å²) in [5.41, 5.74) is 0.0254. The highest BCUT2D eigenvalue weighted by Crippen LogP contribution is 2.37. The lowest BCUT2D eigenvalue weighted by Gasteiger charge is -2.43. The second kappa shape index (κ2) is 8.08. The molecule has 1 aromatic carbocycles. The molecule has 0 saturated carbocycles. The summed E-state index contributed by atoms with van der Waals surface area (Å²) in [7, 11) is 1.51. The minimum Gasteiger partial charge on any atom is -0.496 e. The first kappa shape index (κ1) is 20.2. The Bertz CT molecular complexity index is 672. The molecule has 2 atom stereocenters. The number of carbonyl (C=O) groups is 2. The van der Waals surface area contributed by atoms with Crippen molar-refractivity contribution in [2.75, 3.05) is 20.2 Å². The number of carboxylic acids is 1. The van der Waals surface area contributed by atoms with Crippen LogP contribution in [0.1, 0.15) is 49.0 Å². The van der Waals surface area contributed by atoms with Gasteiger partial charge in [0.25, 0.3) is 5.91 Å². The molecule has 6 heteroatoms. The molecule has 0 spiro atoms. The Morgan fingerprint density at radius 1 is 1.38 bits per heavy atom. The van der Waals surface area contributed by atoms with Gasteiger partial charge in [0.05, 0.1) is 18.8 Å². The molecule has 144 valence electrons. The van der Waals surface area contributed by atoms with E-state index in [1.165, 1.54) is 7.11 Å². The van der Waals surface area contributed by atoms with E-state index in [0.29, 0.717) is 36.6 Å². The number of benzene rings is 1. The molecule has 1 aliphatic rings. The predicted molar refractivity (Wildman–Crippen MR) is 98.4 cm³/mol. The minimum absolute atomic E-state index is 0.00610. The Labute approximate surface area is 154 Å². The third kappa shape index (κ3) is 4.01. The number of nitrogens with zero attached hydrogens (tertiary/aromatic N) is 1.